The van der Waals surface area contributed by atoms with E-state index in [0.29, 0.717) is 49.8 Å². The van der Waals surface area contributed by atoms with Crippen molar-refractivity contribution in [3.8, 4) is 5.75 Å². The van der Waals surface area contributed by atoms with Gasteiger partial charge in [0.15, 0.2) is 0 Å². The third-order valence-corrected chi connectivity index (χ3v) is 9.24. The maximum Gasteiger partial charge on any atom is 0.306 e. The summed E-state index contributed by atoms with van der Waals surface area (Å²) >= 11 is 0. The molecule has 2 bridgehead atoms. The highest BCUT2D eigenvalue weighted by Gasteiger charge is 2.43. The molecule has 2 aliphatic heterocycles. The molecule has 5 rings (SSSR count). The van der Waals surface area contributed by atoms with E-state index in [2.05, 4.69) is 24.0 Å². The highest BCUT2D eigenvalue weighted by atomic mass is 19.3. The van der Waals surface area contributed by atoms with Crippen molar-refractivity contribution in [2.45, 2.75) is 108 Å². The second-order valence-corrected chi connectivity index (χ2v) is 11.6. The summed E-state index contributed by atoms with van der Waals surface area (Å²) in [4.78, 5) is 14.2. The van der Waals surface area contributed by atoms with Gasteiger partial charge in [0.25, 0.3) is 0 Å². The number of nitrogens with zero attached hydrogens (tertiary/aromatic N) is 1. The molecule has 3 atom stereocenters. The van der Waals surface area contributed by atoms with Crippen molar-refractivity contribution in [1.82, 2.24) is 4.90 Å². The van der Waals surface area contributed by atoms with Gasteiger partial charge in [-0.2, -0.15) is 0 Å². The van der Waals surface area contributed by atoms with Gasteiger partial charge in [-0.3, -0.25) is 9.69 Å². The normalized spacial score (nSPS) is 29.7. The fourth-order valence-corrected chi connectivity index (χ4v) is 7.19. The molecular weight excluding hydrogens is 479 g/mol. The molecule has 1 aliphatic carbocycles. The van der Waals surface area contributed by atoms with Crippen molar-refractivity contribution in [3.05, 3.63) is 41.5 Å². The van der Waals surface area contributed by atoms with Crippen molar-refractivity contribution in [3.63, 3.8) is 0 Å². The number of alkyl halides is 3. The minimum atomic E-state index is -2.67. The van der Waals surface area contributed by atoms with E-state index >= 15 is 0 Å². The third-order valence-electron chi connectivity index (χ3n) is 9.24. The molecule has 0 radical (unpaired) electrons. The molecule has 4 nitrogen and oxygen atoms in total. The maximum absolute atomic E-state index is 14.3. The lowest BCUT2D eigenvalue weighted by Gasteiger charge is -2.51. The van der Waals surface area contributed by atoms with Gasteiger partial charge in [-0.1, -0.05) is 24.6 Å². The zero-order valence-electron chi connectivity index (χ0n) is 21.8. The largest absolute Gasteiger partial charge is 0.490 e. The zero-order valence-corrected chi connectivity index (χ0v) is 21.8. The summed E-state index contributed by atoms with van der Waals surface area (Å²) in [6, 6.07) is 10.6. The Kier molecular flexibility index (Phi) is 7.45. The minimum Gasteiger partial charge on any atom is -0.490 e. The van der Waals surface area contributed by atoms with Crippen LogP contribution >= 0.6 is 0 Å². The molecule has 2 saturated heterocycles. The summed E-state index contributed by atoms with van der Waals surface area (Å²) in [6.45, 7) is 2.52. The van der Waals surface area contributed by atoms with Crippen LogP contribution in [0.15, 0.2) is 30.3 Å². The molecular formula is C30H38F3NO3. The van der Waals surface area contributed by atoms with Crippen molar-refractivity contribution in [2.24, 2.45) is 11.8 Å². The number of halogens is 3. The summed E-state index contributed by atoms with van der Waals surface area (Å²) in [5.74, 6) is -3.71. The van der Waals surface area contributed by atoms with Gasteiger partial charge < -0.3 is 9.84 Å². The van der Waals surface area contributed by atoms with Crippen LogP contribution in [0.25, 0.3) is 10.8 Å². The lowest BCUT2D eigenvalue weighted by Crippen LogP contribution is -2.53. The van der Waals surface area contributed by atoms with Gasteiger partial charge in [0.2, 0.25) is 5.92 Å². The lowest BCUT2D eigenvalue weighted by atomic mass is 9.77. The summed E-state index contributed by atoms with van der Waals surface area (Å²) < 4.78 is 47.7. The van der Waals surface area contributed by atoms with Gasteiger partial charge in [-0.15, -0.1) is 0 Å². The number of carbonyl (C=O) groups is 1. The summed E-state index contributed by atoms with van der Waals surface area (Å²) in [5.41, 5.74) is 1.66. The molecule has 2 aromatic rings. The number of aliphatic carboxylic acids is 1. The van der Waals surface area contributed by atoms with Crippen molar-refractivity contribution < 1.29 is 27.8 Å². The van der Waals surface area contributed by atoms with E-state index in [1.807, 2.05) is 18.2 Å². The van der Waals surface area contributed by atoms with E-state index in [1.165, 1.54) is 0 Å². The molecule has 0 spiro atoms. The van der Waals surface area contributed by atoms with Crippen LogP contribution in [0.5, 0.6) is 5.75 Å². The van der Waals surface area contributed by atoms with Crippen LogP contribution in [0.2, 0.25) is 0 Å². The number of benzene rings is 2. The van der Waals surface area contributed by atoms with Gasteiger partial charge in [-0.05, 0) is 93.7 Å². The van der Waals surface area contributed by atoms with Crippen LogP contribution in [-0.4, -0.2) is 40.1 Å². The molecule has 1 N–H and O–H groups in total. The maximum atomic E-state index is 14.3. The molecule has 7 heteroatoms. The standard InChI is InChI=1S/C30H38F3NO3/c1-18(34-23-4-3-5-24(34)16-21(15-23)29(35)36)19-6-12-26-20(14-19)7-13-28(27(26)17-31)37-25-10-8-22(9-11-25)30(2,32)33/h6-7,12-14,18,21-25H,3-5,8-11,15-17H2,1-2H3,(H,35,36). The van der Waals surface area contributed by atoms with Crippen LogP contribution in [0.4, 0.5) is 13.2 Å². The number of carboxylic acids is 1. The fourth-order valence-electron chi connectivity index (χ4n) is 7.19. The fraction of sp³-hybridized carbons (Fsp3) is 0.633. The number of hydrogen-bond acceptors (Lipinski definition) is 3. The Labute approximate surface area is 217 Å². The van der Waals surface area contributed by atoms with Crippen molar-refractivity contribution >= 4 is 16.7 Å². The second-order valence-electron chi connectivity index (χ2n) is 11.6. The Bertz CT molecular complexity index is 1110. The van der Waals surface area contributed by atoms with E-state index in [-0.39, 0.29) is 30.1 Å². The molecule has 0 amide bonds. The van der Waals surface area contributed by atoms with Crippen LogP contribution in [0, 0.1) is 11.8 Å². The van der Waals surface area contributed by atoms with Gasteiger partial charge >= 0.3 is 5.97 Å². The van der Waals surface area contributed by atoms with Gasteiger partial charge in [-0.25, -0.2) is 13.2 Å². The number of rotatable bonds is 7. The molecule has 3 unspecified atom stereocenters. The van der Waals surface area contributed by atoms with Crippen LogP contribution in [-0.2, 0) is 11.5 Å². The molecule has 3 fully saturated rings. The quantitative estimate of drug-likeness (QED) is 0.409. The molecule has 0 aromatic heterocycles. The Morgan fingerprint density at radius 2 is 1.76 bits per heavy atom. The molecule has 2 aromatic carbocycles. The Morgan fingerprint density at radius 1 is 1.08 bits per heavy atom. The van der Waals surface area contributed by atoms with E-state index in [4.69, 9.17) is 4.74 Å². The van der Waals surface area contributed by atoms with Crippen LogP contribution < -0.4 is 4.74 Å². The molecule has 1 saturated carbocycles. The first-order valence-corrected chi connectivity index (χ1v) is 13.8. The minimum absolute atomic E-state index is 0.145. The lowest BCUT2D eigenvalue weighted by molar-refractivity contribution is -0.147. The molecule has 202 valence electrons. The van der Waals surface area contributed by atoms with Gasteiger partial charge in [0.1, 0.15) is 12.4 Å². The topological polar surface area (TPSA) is 49.8 Å². The van der Waals surface area contributed by atoms with Crippen LogP contribution in [0.3, 0.4) is 0 Å². The first-order chi connectivity index (χ1) is 17.7. The number of piperidine rings is 2. The summed E-state index contributed by atoms with van der Waals surface area (Å²) in [7, 11) is 0. The number of fused-ring (bicyclic) bond motifs is 3. The zero-order chi connectivity index (χ0) is 26.3. The monoisotopic (exact) mass is 517 g/mol. The molecule has 3 aliphatic rings. The van der Waals surface area contributed by atoms with Gasteiger partial charge in [0, 0.05) is 29.6 Å². The number of carboxylic acid groups (broad SMARTS) is 1. The predicted molar refractivity (Wildman–Crippen MR) is 138 cm³/mol. The smallest absolute Gasteiger partial charge is 0.306 e. The van der Waals surface area contributed by atoms with Crippen molar-refractivity contribution in [2.75, 3.05) is 0 Å². The SMILES string of the molecule is CC(c1ccc2c(CF)c(OC3CCC(C(C)(F)F)CC3)ccc2c1)N1C2CCCC1CC(C(=O)O)C2. The first kappa shape index (κ1) is 26.3. The molecule has 37 heavy (non-hydrogen) atoms. The third kappa shape index (κ3) is 5.34. The average Bonchev–Trinajstić information content (AvgIpc) is 2.86. The Hall–Kier alpha value is -2.28. The van der Waals surface area contributed by atoms with Crippen molar-refractivity contribution in [1.29, 1.82) is 0 Å². The highest BCUT2D eigenvalue weighted by molar-refractivity contribution is 5.88. The summed E-state index contributed by atoms with van der Waals surface area (Å²) in [6.07, 6.45) is 6.37. The summed E-state index contributed by atoms with van der Waals surface area (Å²) in [5, 5.41) is 11.3. The predicted octanol–water partition coefficient (Wildman–Crippen LogP) is 7.68. The first-order valence-electron chi connectivity index (χ1n) is 13.8. The van der Waals surface area contributed by atoms with E-state index in [1.54, 1.807) is 0 Å². The van der Waals surface area contributed by atoms with Gasteiger partial charge in [0.05, 0.1) is 12.0 Å². The molecule has 2 heterocycles. The number of hydrogen-bond donors (Lipinski definition) is 1. The van der Waals surface area contributed by atoms with E-state index in [9.17, 15) is 23.1 Å². The average molecular weight is 518 g/mol. The Morgan fingerprint density at radius 3 is 2.35 bits per heavy atom. The Balaban J connectivity index is 1.33. The van der Waals surface area contributed by atoms with E-state index in [0.717, 1.165) is 42.5 Å². The number of ether oxygens (including phenoxy) is 1. The van der Waals surface area contributed by atoms with Crippen LogP contribution in [0.1, 0.15) is 88.8 Å². The second kappa shape index (κ2) is 10.5. The highest BCUT2D eigenvalue weighted by Crippen LogP contribution is 2.43. The van der Waals surface area contributed by atoms with E-state index < -0.39 is 24.5 Å².